The molecule has 1 N–H and O–H groups in total. The quantitative estimate of drug-likeness (QED) is 0.866. The Morgan fingerprint density at radius 2 is 2.11 bits per heavy atom. The molecule has 4 nitrogen and oxygen atoms in total. The molecule has 1 aliphatic carbocycles. The molecular weight excluding hydrogens is 226 g/mol. The highest BCUT2D eigenvalue weighted by Gasteiger charge is 2.38. The maximum Gasteiger partial charge on any atom is 0.272 e. The van der Waals surface area contributed by atoms with Gasteiger partial charge in [-0.2, -0.15) is 0 Å². The fourth-order valence-electron chi connectivity index (χ4n) is 3.27. The van der Waals surface area contributed by atoms with Crippen LogP contribution in [-0.4, -0.2) is 35.9 Å². The van der Waals surface area contributed by atoms with Crippen LogP contribution in [0.2, 0.25) is 0 Å². The van der Waals surface area contributed by atoms with Crippen molar-refractivity contribution in [3.05, 3.63) is 24.0 Å². The third-order valence-corrected chi connectivity index (χ3v) is 4.28. The van der Waals surface area contributed by atoms with Crippen LogP contribution in [-0.2, 0) is 0 Å². The number of aromatic nitrogens is 1. The van der Waals surface area contributed by atoms with Gasteiger partial charge in [0.25, 0.3) is 5.91 Å². The van der Waals surface area contributed by atoms with E-state index in [1.54, 1.807) is 6.20 Å². The Morgan fingerprint density at radius 3 is 2.78 bits per heavy atom. The highest BCUT2D eigenvalue weighted by molar-refractivity contribution is 5.93. The van der Waals surface area contributed by atoms with Crippen molar-refractivity contribution >= 4 is 11.6 Å². The zero-order valence-corrected chi connectivity index (χ0v) is 10.7. The van der Waals surface area contributed by atoms with Crippen molar-refractivity contribution in [2.24, 2.45) is 11.8 Å². The van der Waals surface area contributed by atoms with Crippen molar-refractivity contribution in [1.29, 1.82) is 0 Å². The molecule has 96 valence electrons. The van der Waals surface area contributed by atoms with Crippen molar-refractivity contribution in [3.63, 3.8) is 0 Å². The van der Waals surface area contributed by atoms with Crippen LogP contribution in [0.15, 0.2) is 18.3 Å². The molecule has 3 rings (SSSR count). The van der Waals surface area contributed by atoms with E-state index in [-0.39, 0.29) is 5.91 Å². The molecule has 0 spiro atoms. The standard InChI is InChI=1S/C14H19N3O/c1-15-12-5-6-16-13(7-12)14(18)17-8-10-3-2-4-11(10)9-17/h5-7,10-11H,2-4,8-9H2,1H3,(H,15,16). The number of amides is 1. The first kappa shape index (κ1) is 11.5. The lowest BCUT2D eigenvalue weighted by atomic mass is 10.0. The summed E-state index contributed by atoms with van der Waals surface area (Å²) < 4.78 is 0. The number of rotatable bonds is 2. The van der Waals surface area contributed by atoms with Crippen molar-refractivity contribution in [1.82, 2.24) is 9.88 Å². The summed E-state index contributed by atoms with van der Waals surface area (Å²) in [6.45, 7) is 1.85. The van der Waals surface area contributed by atoms with Gasteiger partial charge in [-0.05, 0) is 36.8 Å². The van der Waals surface area contributed by atoms with E-state index in [2.05, 4.69) is 10.3 Å². The van der Waals surface area contributed by atoms with Crippen molar-refractivity contribution in [3.8, 4) is 0 Å². The summed E-state index contributed by atoms with van der Waals surface area (Å²) in [6.07, 6.45) is 5.61. The van der Waals surface area contributed by atoms with Gasteiger partial charge in [-0.25, -0.2) is 0 Å². The van der Waals surface area contributed by atoms with Crippen LogP contribution < -0.4 is 5.32 Å². The number of anilines is 1. The molecule has 2 atom stereocenters. The number of likely N-dealkylation sites (tertiary alicyclic amines) is 1. The van der Waals surface area contributed by atoms with Crippen LogP contribution in [0.25, 0.3) is 0 Å². The van der Waals surface area contributed by atoms with Crippen LogP contribution in [0.4, 0.5) is 5.69 Å². The first-order chi connectivity index (χ1) is 8.78. The van der Waals surface area contributed by atoms with E-state index in [0.717, 1.165) is 30.6 Å². The molecule has 2 aliphatic rings. The zero-order valence-electron chi connectivity index (χ0n) is 10.7. The van der Waals surface area contributed by atoms with Gasteiger partial charge in [-0.1, -0.05) is 6.42 Å². The van der Waals surface area contributed by atoms with Crippen LogP contribution in [0.3, 0.4) is 0 Å². The zero-order chi connectivity index (χ0) is 12.5. The fraction of sp³-hybridized carbons (Fsp3) is 0.571. The van der Waals surface area contributed by atoms with E-state index < -0.39 is 0 Å². The van der Waals surface area contributed by atoms with Crippen LogP contribution in [0.1, 0.15) is 29.8 Å². The minimum absolute atomic E-state index is 0.0847. The molecule has 1 saturated carbocycles. The maximum atomic E-state index is 12.4. The summed E-state index contributed by atoms with van der Waals surface area (Å²) in [5, 5.41) is 3.04. The van der Waals surface area contributed by atoms with E-state index in [4.69, 9.17) is 0 Å². The van der Waals surface area contributed by atoms with E-state index in [0.29, 0.717) is 5.69 Å². The summed E-state index contributed by atoms with van der Waals surface area (Å²) in [4.78, 5) is 18.6. The maximum absolute atomic E-state index is 12.4. The lowest BCUT2D eigenvalue weighted by molar-refractivity contribution is 0.0775. The average Bonchev–Trinajstić information content (AvgIpc) is 2.98. The predicted molar refractivity (Wildman–Crippen MR) is 70.5 cm³/mol. The summed E-state index contributed by atoms with van der Waals surface area (Å²) >= 11 is 0. The topological polar surface area (TPSA) is 45.2 Å². The minimum atomic E-state index is 0.0847. The molecule has 2 unspecified atom stereocenters. The third kappa shape index (κ3) is 1.96. The first-order valence-electron chi connectivity index (χ1n) is 6.71. The molecule has 2 heterocycles. The predicted octanol–water partition coefficient (Wildman–Crippen LogP) is 2.00. The third-order valence-electron chi connectivity index (χ3n) is 4.28. The van der Waals surface area contributed by atoms with Crippen LogP contribution in [0.5, 0.6) is 0 Å². The van der Waals surface area contributed by atoms with Gasteiger partial charge in [0.15, 0.2) is 0 Å². The molecule has 1 saturated heterocycles. The average molecular weight is 245 g/mol. The normalized spacial score (nSPS) is 26.2. The molecule has 0 bridgehead atoms. The summed E-state index contributed by atoms with van der Waals surface area (Å²) in [5.41, 5.74) is 1.49. The molecule has 0 radical (unpaired) electrons. The van der Waals surface area contributed by atoms with Crippen molar-refractivity contribution in [2.75, 3.05) is 25.5 Å². The Hall–Kier alpha value is -1.58. The summed E-state index contributed by atoms with van der Waals surface area (Å²) in [6, 6.07) is 3.70. The van der Waals surface area contributed by atoms with Gasteiger partial charge in [0.1, 0.15) is 5.69 Å². The van der Waals surface area contributed by atoms with E-state index in [1.165, 1.54) is 19.3 Å². The highest BCUT2D eigenvalue weighted by Crippen LogP contribution is 2.38. The van der Waals surface area contributed by atoms with Gasteiger partial charge in [0.2, 0.25) is 0 Å². The SMILES string of the molecule is CNc1ccnc(C(=O)N2CC3CCCC3C2)c1. The van der Waals surface area contributed by atoms with Crippen LogP contribution in [0, 0.1) is 11.8 Å². The highest BCUT2D eigenvalue weighted by atomic mass is 16.2. The fourth-order valence-corrected chi connectivity index (χ4v) is 3.27. The van der Waals surface area contributed by atoms with Crippen molar-refractivity contribution < 1.29 is 4.79 Å². The van der Waals surface area contributed by atoms with Gasteiger partial charge >= 0.3 is 0 Å². The number of hydrogen-bond acceptors (Lipinski definition) is 3. The molecular formula is C14H19N3O. The van der Waals surface area contributed by atoms with Gasteiger partial charge < -0.3 is 10.2 Å². The Bertz CT molecular complexity index is 448. The van der Waals surface area contributed by atoms with Gasteiger partial charge in [0, 0.05) is 32.0 Å². The van der Waals surface area contributed by atoms with E-state index in [9.17, 15) is 4.79 Å². The van der Waals surface area contributed by atoms with E-state index in [1.807, 2.05) is 24.1 Å². The molecule has 0 aromatic carbocycles. The lowest BCUT2D eigenvalue weighted by Crippen LogP contribution is -2.30. The minimum Gasteiger partial charge on any atom is -0.388 e. The largest absolute Gasteiger partial charge is 0.388 e. The molecule has 1 aromatic heterocycles. The molecule has 1 aliphatic heterocycles. The second-order valence-corrected chi connectivity index (χ2v) is 5.34. The number of hydrogen-bond donors (Lipinski definition) is 1. The second kappa shape index (κ2) is 4.59. The van der Waals surface area contributed by atoms with Gasteiger partial charge in [0.05, 0.1) is 0 Å². The Balaban J connectivity index is 1.74. The van der Waals surface area contributed by atoms with Crippen molar-refractivity contribution in [2.45, 2.75) is 19.3 Å². The van der Waals surface area contributed by atoms with Crippen LogP contribution >= 0.6 is 0 Å². The second-order valence-electron chi connectivity index (χ2n) is 5.34. The molecule has 18 heavy (non-hydrogen) atoms. The lowest BCUT2D eigenvalue weighted by Gasteiger charge is -2.17. The first-order valence-corrected chi connectivity index (χ1v) is 6.71. The number of nitrogens with zero attached hydrogens (tertiary/aromatic N) is 2. The molecule has 2 fully saturated rings. The molecule has 1 aromatic rings. The number of pyridine rings is 1. The molecule has 4 heteroatoms. The summed E-state index contributed by atoms with van der Waals surface area (Å²) in [7, 11) is 1.85. The van der Waals surface area contributed by atoms with Gasteiger partial charge in [-0.15, -0.1) is 0 Å². The monoisotopic (exact) mass is 245 g/mol. The van der Waals surface area contributed by atoms with E-state index >= 15 is 0 Å². The molecule has 1 amide bonds. The number of nitrogens with one attached hydrogen (secondary N) is 1. The smallest absolute Gasteiger partial charge is 0.272 e. The Kier molecular flexibility index (Phi) is 2.94. The Labute approximate surface area is 107 Å². The number of fused-ring (bicyclic) bond motifs is 1. The summed E-state index contributed by atoms with van der Waals surface area (Å²) in [5.74, 6) is 1.56. The number of carbonyl (C=O) groups excluding carboxylic acids is 1. The van der Waals surface area contributed by atoms with Gasteiger partial charge in [-0.3, -0.25) is 9.78 Å². The number of carbonyl (C=O) groups is 1. The Morgan fingerprint density at radius 1 is 1.39 bits per heavy atom.